The fourth-order valence-corrected chi connectivity index (χ4v) is 1.28. The molecule has 7 nitrogen and oxygen atoms in total. The van der Waals surface area contributed by atoms with Crippen LogP contribution in [-0.4, -0.2) is 36.4 Å². The normalized spacial score (nSPS) is 11.6. The van der Waals surface area contributed by atoms with Crippen LogP contribution >= 0.6 is 0 Å². The van der Waals surface area contributed by atoms with Crippen LogP contribution in [0.25, 0.3) is 0 Å². The third-order valence-electron chi connectivity index (χ3n) is 2.30. The van der Waals surface area contributed by atoms with Gasteiger partial charge in [-0.15, -0.1) is 0 Å². The molecule has 0 radical (unpaired) electrons. The number of ether oxygens (including phenoxy) is 1. The van der Waals surface area contributed by atoms with Gasteiger partial charge in [-0.2, -0.15) is 5.10 Å². The molecule has 0 atom stereocenters. The van der Waals surface area contributed by atoms with E-state index in [2.05, 4.69) is 25.9 Å². The molecule has 1 aromatic heterocycles. The summed E-state index contributed by atoms with van der Waals surface area (Å²) in [5.41, 5.74) is 4.60. The van der Waals surface area contributed by atoms with Gasteiger partial charge in [0.2, 0.25) is 5.96 Å². The van der Waals surface area contributed by atoms with Gasteiger partial charge < -0.3 is 10.1 Å². The number of nitrogens with two attached hydrogens (primary N) is 1. The van der Waals surface area contributed by atoms with Gasteiger partial charge in [0.1, 0.15) is 0 Å². The first kappa shape index (κ1) is 13.5. The number of aromatic amines is 1. The van der Waals surface area contributed by atoms with Crippen LogP contribution in [0, 0.1) is 6.92 Å². The van der Waals surface area contributed by atoms with Crippen LogP contribution in [-0.2, 0) is 11.3 Å². The maximum Gasteiger partial charge on any atom is 0.206 e. The summed E-state index contributed by atoms with van der Waals surface area (Å²) in [4.78, 5) is 4.31. The van der Waals surface area contributed by atoms with E-state index >= 15 is 0 Å². The highest BCUT2D eigenvalue weighted by Crippen LogP contribution is 2.03. The van der Waals surface area contributed by atoms with Gasteiger partial charge in [0.15, 0.2) is 0 Å². The summed E-state index contributed by atoms with van der Waals surface area (Å²) in [5, 5.41) is 9.88. The number of rotatable bonds is 6. The number of H-pyrrole nitrogens is 1. The number of methoxy groups -OCH3 is 1. The lowest BCUT2D eigenvalue weighted by molar-refractivity contribution is 0.195. The van der Waals surface area contributed by atoms with E-state index < -0.39 is 0 Å². The summed E-state index contributed by atoms with van der Waals surface area (Å²) >= 11 is 0. The van der Waals surface area contributed by atoms with E-state index in [1.54, 1.807) is 13.3 Å². The molecule has 0 aliphatic carbocycles. The number of aromatic nitrogens is 2. The Kier molecular flexibility index (Phi) is 6.05. The fourth-order valence-electron chi connectivity index (χ4n) is 1.28. The van der Waals surface area contributed by atoms with Crippen LogP contribution < -0.4 is 16.6 Å². The van der Waals surface area contributed by atoms with Gasteiger partial charge in [-0.05, 0) is 13.3 Å². The lowest BCUT2D eigenvalue weighted by Crippen LogP contribution is -2.42. The SMILES string of the molecule is COCCCNC(=NCc1cn[nH]c1C)NN. The zero-order valence-corrected chi connectivity index (χ0v) is 10.3. The lowest BCUT2D eigenvalue weighted by Gasteiger charge is -2.08. The monoisotopic (exact) mass is 240 g/mol. The van der Waals surface area contributed by atoms with Crippen molar-refractivity contribution in [1.29, 1.82) is 0 Å². The first-order valence-corrected chi connectivity index (χ1v) is 5.50. The van der Waals surface area contributed by atoms with Crippen LogP contribution in [0.4, 0.5) is 0 Å². The topological polar surface area (TPSA) is 100 Å². The Balaban J connectivity index is 2.36. The Morgan fingerprint density at radius 1 is 1.65 bits per heavy atom. The molecule has 0 aliphatic heterocycles. The van der Waals surface area contributed by atoms with E-state index in [-0.39, 0.29) is 0 Å². The second-order valence-corrected chi connectivity index (χ2v) is 3.60. The van der Waals surface area contributed by atoms with Crippen molar-refractivity contribution in [2.75, 3.05) is 20.3 Å². The van der Waals surface area contributed by atoms with Gasteiger partial charge in [0.25, 0.3) is 0 Å². The molecule has 0 aliphatic rings. The van der Waals surface area contributed by atoms with Crippen LogP contribution in [0.5, 0.6) is 0 Å². The summed E-state index contributed by atoms with van der Waals surface area (Å²) in [6.45, 7) is 3.98. The Labute approximate surface area is 101 Å². The number of aryl methyl sites for hydroxylation is 1. The molecule has 0 unspecified atom stereocenters. The second-order valence-electron chi connectivity index (χ2n) is 3.60. The molecule has 7 heteroatoms. The number of hydrogen-bond donors (Lipinski definition) is 4. The van der Waals surface area contributed by atoms with Gasteiger partial charge in [0.05, 0.1) is 12.7 Å². The summed E-state index contributed by atoms with van der Waals surface area (Å²) in [6, 6.07) is 0. The van der Waals surface area contributed by atoms with Crippen molar-refractivity contribution in [1.82, 2.24) is 20.9 Å². The Morgan fingerprint density at radius 2 is 2.47 bits per heavy atom. The average Bonchev–Trinajstić information content (AvgIpc) is 2.74. The zero-order chi connectivity index (χ0) is 12.5. The molecule has 1 aromatic rings. The first-order chi connectivity index (χ1) is 8.27. The Hall–Kier alpha value is -1.60. The number of hydrazine groups is 1. The molecule has 0 amide bonds. The molecular weight excluding hydrogens is 220 g/mol. The zero-order valence-electron chi connectivity index (χ0n) is 10.3. The minimum atomic E-state index is 0.541. The minimum Gasteiger partial charge on any atom is -0.385 e. The molecular formula is C10H20N6O. The number of guanidine groups is 1. The molecule has 0 saturated carbocycles. The Bertz CT molecular complexity index is 348. The number of aliphatic imine (C=N–C) groups is 1. The van der Waals surface area contributed by atoms with Gasteiger partial charge in [-0.1, -0.05) is 0 Å². The summed E-state index contributed by atoms with van der Waals surface area (Å²) < 4.78 is 4.95. The standard InChI is InChI=1S/C10H20N6O/c1-8-9(7-14-16-8)6-13-10(15-11)12-4-3-5-17-2/h7H,3-6,11H2,1-2H3,(H,14,16)(H2,12,13,15). The van der Waals surface area contributed by atoms with Crippen LogP contribution in [0.1, 0.15) is 17.7 Å². The molecule has 0 saturated heterocycles. The van der Waals surface area contributed by atoms with Crippen molar-refractivity contribution in [3.8, 4) is 0 Å². The van der Waals surface area contributed by atoms with E-state index in [0.29, 0.717) is 19.1 Å². The Morgan fingerprint density at radius 3 is 3.06 bits per heavy atom. The fraction of sp³-hybridized carbons (Fsp3) is 0.600. The quantitative estimate of drug-likeness (QED) is 0.179. The van der Waals surface area contributed by atoms with E-state index in [1.165, 1.54) is 0 Å². The average molecular weight is 240 g/mol. The van der Waals surface area contributed by atoms with Crippen molar-refractivity contribution in [3.05, 3.63) is 17.5 Å². The molecule has 1 heterocycles. The molecule has 5 N–H and O–H groups in total. The van der Waals surface area contributed by atoms with Crippen molar-refractivity contribution >= 4 is 5.96 Å². The van der Waals surface area contributed by atoms with Crippen molar-refractivity contribution in [2.24, 2.45) is 10.8 Å². The largest absolute Gasteiger partial charge is 0.385 e. The van der Waals surface area contributed by atoms with Crippen molar-refractivity contribution in [2.45, 2.75) is 19.9 Å². The van der Waals surface area contributed by atoms with Crippen LogP contribution in [0.3, 0.4) is 0 Å². The summed E-state index contributed by atoms with van der Waals surface area (Å²) in [6.07, 6.45) is 2.67. The van der Waals surface area contributed by atoms with E-state index in [9.17, 15) is 0 Å². The van der Waals surface area contributed by atoms with E-state index in [4.69, 9.17) is 10.6 Å². The van der Waals surface area contributed by atoms with Crippen molar-refractivity contribution < 1.29 is 4.74 Å². The second kappa shape index (κ2) is 7.64. The molecule has 0 fully saturated rings. The van der Waals surface area contributed by atoms with Gasteiger partial charge in [-0.3, -0.25) is 10.5 Å². The molecule has 1 rings (SSSR count). The number of nitrogens with one attached hydrogen (secondary N) is 3. The highest BCUT2D eigenvalue weighted by molar-refractivity contribution is 5.79. The highest BCUT2D eigenvalue weighted by atomic mass is 16.5. The molecule has 96 valence electrons. The maximum atomic E-state index is 5.37. The third-order valence-corrected chi connectivity index (χ3v) is 2.30. The summed E-state index contributed by atoms with van der Waals surface area (Å²) in [7, 11) is 1.68. The highest BCUT2D eigenvalue weighted by Gasteiger charge is 2.00. The summed E-state index contributed by atoms with van der Waals surface area (Å²) in [5.74, 6) is 5.94. The number of hydrogen-bond acceptors (Lipinski definition) is 4. The van der Waals surface area contributed by atoms with Crippen molar-refractivity contribution in [3.63, 3.8) is 0 Å². The molecule has 0 spiro atoms. The maximum absolute atomic E-state index is 5.37. The molecule has 0 bridgehead atoms. The van der Waals surface area contributed by atoms with E-state index in [1.807, 2.05) is 6.92 Å². The van der Waals surface area contributed by atoms with Gasteiger partial charge >= 0.3 is 0 Å². The van der Waals surface area contributed by atoms with Crippen LogP contribution in [0.15, 0.2) is 11.2 Å². The van der Waals surface area contributed by atoms with E-state index in [0.717, 1.165) is 24.2 Å². The third kappa shape index (κ3) is 4.83. The molecule has 0 aromatic carbocycles. The molecule has 17 heavy (non-hydrogen) atoms. The predicted molar refractivity (Wildman–Crippen MR) is 66.3 cm³/mol. The van der Waals surface area contributed by atoms with Crippen LogP contribution in [0.2, 0.25) is 0 Å². The van der Waals surface area contributed by atoms with Gasteiger partial charge in [-0.25, -0.2) is 10.8 Å². The predicted octanol–water partition coefficient (Wildman–Crippen LogP) is -0.336. The first-order valence-electron chi connectivity index (χ1n) is 5.50. The number of nitrogens with zero attached hydrogens (tertiary/aromatic N) is 2. The lowest BCUT2D eigenvalue weighted by atomic mass is 10.3. The smallest absolute Gasteiger partial charge is 0.206 e. The minimum absolute atomic E-state index is 0.541. The van der Waals surface area contributed by atoms with Gasteiger partial charge in [0, 0.05) is 31.5 Å².